The van der Waals surface area contributed by atoms with Crippen molar-refractivity contribution in [3.63, 3.8) is 0 Å². The number of hydrogen-bond acceptors (Lipinski definition) is 7. The Balaban J connectivity index is 1.39. The summed E-state index contributed by atoms with van der Waals surface area (Å²) in [6, 6.07) is 13.6. The molecule has 38 heavy (non-hydrogen) atoms. The van der Waals surface area contributed by atoms with Crippen LogP contribution >= 0.6 is 0 Å². The Labute approximate surface area is 224 Å². The van der Waals surface area contributed by atoms with Crippen LogP contribution in [0.15, 0.2) is 61.2 Å². The molecule has 4 rings (SSSR count). The van der Waals surface area contributed by atoms with Crippen LogP contribution in [0, 0.1) is 6.92 Å². The highest BCUT2D eigenvalue weighted by molar-refractivity contribution is 5.73. The number of β-amino-alcohol motifs (C(OH)–C–C–N with tert-alkyl or cyclic N) is 1. The number of benzene rings is 2. The van der Waals surface area contributed by atoms with Crippen LogP contribution in [0.2, 0.25) is 0 Å². The highest BCUT2D eigenvalue weighted by Gasteiger charge is 2.37. The number of imidazole rings is 1. The van der Waals surface area contributed by atoms with Crippen molar-refractivity contribution in [1.82, 2.24) is 19.4 Å². The van der Waals surface area contributed by atoms with E-state index in [1.807, 2.05) is 60.2 Å². The number of carbonyl (C=O) groups excluding carboxylic acids is 1. The van der Waals surface area contributed by atoms with Gasteiger partial charge in [-0.15, -0.1) is 0 Å². The van der Waals surface area contributed by atoms with Crippen molar-refractivity contribution in [1.29, 1.82) is 0 Å². The zero-order valence-corrected chi connectivity index (χ0v) is 22.5. The minimum Gasteiger partial charge on any atom is -0.493 e. The maximum atomic E-state index is 12.2. The maximum Gasteiger partial charge on any atom is 0.219 e. The van der Waals surface area contributed by atoms with Crippen LogP contribution in [0.4, 0.5) is 0 Å². The molecule has 0 spiro atoms. The number of nitrogens with zero attached hydrogens (tertiary/aromatic N) is 4. The second-order valence-corrected chi connectivity index (χ2v) is 9.97. The fourth-order valence-electron chi connectivity index (χ4n) is 4.62. The molecule has 0 saturated carbocycles. The van der Waals surface area contributed by atoms with Crippen LogP contribution in [0.25, 0.3) is 0 Å². The molecule has 1 unspecified atom stereocenters. The van der Waals surface area contributed by atoms with E-state index in [4.69, 9.17) is 14.2 Å². The lowest BCUT2D eigenvalue weighted by Gasteiger charge is -2.32. The van der Waals surface area contributed by atoms with Gasteiger partial charge in [-0.05, 0) is 43.2 Å². The Bertz CT molecular complexity index is 1170. The van der Waals surface area contributed by atoms with Gasteiger partial charge < -0.3 is 28.8 Å². The number of rotatable bonds is 11. The molecule has 1 atom stereocenters. The summed E-state index contributed by atoms with van der Waals surface area (Å²) in [6.07, 6.45) is 6.35. The lowest BCUT2D eigenvalue weighted by atomic mass is 10.0. The summed E-state index contributed by atoms with van der Waals surface area (Å²) >= 11 is 0. The molecule has 2 heterocycles. The Hall–Kier alpha value is -3.56. The topological polar surface area (TPSA) is 89.3 Å². The molecule has 204 valence electrons. The molecule has 1 aromatic heterocycles. The zero-order chi connectivity index (χ0) is 27.0. The SMILES string of the molecule is COc1cc(CN2CCN(C(C)=O)CC(O)(COc3ccc(C)cc3)C2)ccc1OCCCn1ccnc1. The average Bonchev–Trinajstić information content (AvgIpc) is 3.36. The van der Waals surface area contributed by atoms with Crippen molar-refractivity contribution in [2.24, 2.45) is 0 Å². The van der Waals surface area contributed by atoms with Gasteiger partial charge in [0.05, 0.1) is 26.6 Å². The molecule has 1 aliphatic rings. The quantitative estimate of drug-likeness (QED) is 0.387. The Morgan fingerprint density at radius 3 is 2.61 bits per heavy atom. The second kappa shape index (κ2) is 12.8. The van der Waals surface area contributed by atoms with Crippen LogP contribution < -0.4 is 14.2 Å². The lowest BCUT2D eigenvalue weighted by molar-refractivity contribution is -0.132. The van der Waals surface area contributed by atoms with E-state index in [1.54, 1.807) is 24.5 Å². The molecule has 3 aromatic rings. The van der Waals surface area contributed by atoms with Crippen molar-refractivity contribution in [3.8, 4) is 17.2 Å². The second-order valence-electron chi connectivity index (χ2n) is 9.97. The zero-order valence-electron chi connectivity index (χ0n) is 22.5. The molecule has 2 aromatic carbocycles. The minimum atomic E-state index is -1.21. The largest absolute Gasteiger partial charge is 0.493 e. The van der Waals surface area contributed by atoms with Crippen molar-refractivity contribution in [2.45, 2.75) is 39.0 Å². The van der Waals surface area contributed by atoms with E-state index >= 15 is 0 Å². The molecule has 1 fully saturated rings. The first kappa shape index (κ1) is 27.5. The normalized spacial score (nSPS) is 18.2. The van der Waals surface area contributed by atoms with Crippen LogP contribution in [0.1, 0.15) is 24.5 Å². The number of aromatic nitrogens is 2. The molecule has 1 saturated heterocycles. The van der Waals surface area contributed by atoms with Gasteiger partial charge in [-0.2, -0.15) is 0 Å². The monoisotopic (exact) mass is 522 g/mol. The third kappa shape index (κ3) is 7.72. The summed E-state index contributed by atoms with van der Waals surface area (Å²) in [5, 5.41) is 11.6. The van der Waals surface area contributed by atoms with Gasteiger partial charge >= 0.3 is 0 Å². The van der Waals surface area contributed by atoms with E-state index in [0.717, 1.165) is 24.1 Å². The standard InChI is InChI=1S/C29H38N4O5/c1-23-5-8-26(9-6-23)38-21-29(35)19-32(14-15-33(20-29)24(2)34)18-25-7-10-27(28(17-25)36-3)37-16-4-12-31-13-11-30-22-31/h5-11,13,17,22,35H,4,12,14-16,18-21H2,1-3H3. The van der Waals surface area contributed by atoms with E-state index in [9.17, 15) is 9.90 Å². The highest BCUT2D eigenvalue weighted by atomic mass is 16.5. The van der Waals surface area contributed by atoms with Gasteiger partial charge in [-0.1, -0.05) is 23.8 Å². The van der Waals surface area contributed by atoms with Crippen molar-refractivity contribution in [2.75, 3.05) is 46.5 Å². The number of methoxy groups -OCH3 is 1. The predicted octanol–water partition coefficient (Wildman–Crippen LogP) is 3.14. The van der Waals surface area contributed by atoms with Crippen molar-refractivity contribution in [3.05, 3.63) is 72.3 Å². The molecular formula is C29H38N4O5. The van der Waals surface area contributed by atoms with Gasteiger partial charge in [0.1, 0.15) is 18.0 Å². The van der Waals surface area contributed by atoms with Gasteiger partial charge in [0.15, 0.2) is 11.5 Å². The van der Waals surface area contributed by atoms with Gasteiger partial charge in [0, 0.05) is 52.0 Å². The average molecular weight is 523 g/mol. The summed E-state index contributed by atoms with van der Waals surface area (Å²) < 4.78 is 19.6. The summed E-state index contributed by atoms with van der Waals surface area (Å²) in [5.41, 5.74) is 0.960. The van der Waals surface area contributed by atoms with Crippen LogP contribution in [-0.2, 0) is 17.9 Å². The van der Waals surface area contributed by atoms with E-state index < -0.39 is 5.60 Å². The third-order valence-corrected chi connectivity index (χ3v) is 6.67. The van der Waals surface area contributed by atoms with E-state index in [1.165, 1.54) is 6.92 Å². The van der Waals surface area contributed by atoms with E-state index in [0.29, 0.717) is 50.0 Å². The molecule has 0 radical (unpaired) electrons. The molecule has 1 amide bonds. The minimum absolute atomic E-state index is 0.0585. The van der Waals surface area contributed by atoms with Crippen molar-refractivity contribution < 1.29 is 24.1 Å². The van der Waals surface area contributed by atoms with Gasteiger partial charge in [0.2, 0.25) is 5.91 Å². The van der Waals surface area contributed by atoms with Crippen molar-refractivity contribution >= 4 is 5.91 Å². The summed E-state index contributed by atoms with van der Waals surface area (Å²) in [7, 11) is 1.63. The van der Waals surface area contributed by atoms with Gasteiger partial charge in [0.25, 0.3) is 0 Å². The maximum absolute atomic E-state index is 12.2. The molecule has 0 bridgehead atoms. The molecule has 1 aliphatic heterocycles. The third-order valence-electron chi connectivity index (χ3n) is 6.67. The first-order valence-corrected chi connectivity index (χ1v) is 13.0. The molecule has 1 N–H and O–H groups in total. The number of aryl methyl sites for hydroxylation is 2. The first-order chi connectivity index (χ1) is 18.3. The molecule has 9 heteroatoms. The lowest BCUT2D eigenvalue weighted by Crippen LogP contribution is -2.51. The summed E-state index contributed by atoms with van der Waals surface area (Å²) in [6.45, 7) is 7.41. The highest BCUT2D eigenvalue weighted by Crippen LogP contribution is 2.29. The molecular weight excluding hydrogens is 484 g/mol. The number of carbonyl (C=O) groups is 1. The predicted molar refractivity (Wildman–Crippen MR) is 144 cm³/mol. The summed E-state index contributed by atoms with van der Waals surface area (Å²) in [4.78, 5) is 20.1. The smallest absolute Gasteiger partial charge is 0.219 e. The summed E-state index contributed by atoms with van der Waals surface area (Å²) in [5.74, 6) is 2.00. The Morgan fingerprint density at radius 1 is 1.08 bits per heavy atom. The van der Waals surface area contributed by atoms with Gasteiger partial charge in [-0.25, -0.2) is 4.98 Å². The first-order valence-electron chi connectivity index (χ1n) is 13.0. The van der Waals surface area contributed by atoms with Crippen LogP contribution in [0.5, 0.6) is 17.2 Å². The number of amides is 1. The van der Waals surface area contributed by atoms with Crippen LogP contribution in [-0.4, -0.2) is 82.5 Å². The van der Waals surface area contributed by atoms with Crippen LogP contribution in [0.3, 0.4) is 0 Å². The Kier molecular flexibility index (Phi) is 9.25. The number of hydrogen-bond donors (Lipinski definition) is 1. The van der Waals surface area contributed by atoms with E-state index in [2.05, 4.69) is 9.88 Å². The number of aliphatic hydroxyl groups is 1. The number of ether oxygens (including phenoxy) is 3. The van der Waals surface area contributed by atoms with Gasteiger partial charge in [-0.3, -0.25) is 9.69 Å². The Morgan fingerprint density at radius 2 is 1.89 bits per heavy atom. The fourth-order valence-corrected chi connectivity index (χ4v) is 4.62. The molecule has 0 aliphatic carbocycles. The fraction of sp³-hybridized carbons (Fsp3) is 0.448. The molecule has 9 nitrogen and oxygen atoms in total. The van der Waals surface area contributed by atoms with E-state index in [-0.39, 0.29) is 19.1 Å².